The molecule has 0 spiro atoms. The molecule has 2 rings (SSSR count). The Balaban J connectivity index is 2.31. The van der Waals surface area contributed by atoms with Crippen LogP contribution in [-0.4, -0.2) is 28.0 Å². The summed E-state index contributed by atoms with van der Waals surface area (Å²) in [5.41, 5.74) is 0.689. The fourth-order valence-electron chi connectivity index (χ4n) is 1.68. The van der Waals surface area contributed by atoms with E-state index in [1.165, 1.54) is 13.3 Å². The van der Waals surface area contributed by atoms with Gasteiger partial charge in [-0.1, -0.05) is 22.9 Å². The summed E-state index contributed by atoms with van der Waals surface area (Å²) in [7, 11) is 3.06. The van der Waals surface area contributed by atoms with Gasteiger partial charge in [-0.15, -0.1) is 0 Å². The minimum atomic E-state index is -2.47. The Bertz CT molecular complexity index is 650. The van der Waals surface area contributed by atoms with Gasteiger partial charge in [-0.05, 0) is 12.1 Å². The number of aromatic nitrogens is 1. The van der Waals surface area contributed by atoms with Gasteiger partial charge in [0.25, 0.3) is 0 Å². The summed E-state index contributed by atoms with van der Waals surface area (Å²) in [6.07, 6.45) is 1.41. The third-order valence-electron chi connectivity index (χ3n) is 2.67. The first kappa shape index (κ1) is 16.0. The van der Waals surface area contributed by atoms with Crippen molar-refractivity contribution in [3.8, 4) is 11.5 Å². The maximum absolute atomic E-state index is 11.4. The number of rotatable bonds is 6. The highest BCUT2D eigenvalue weighted by molar-refractivity contribution is 7.80. The van der Waals surface area contributed by atoms with Crippen LogP contribution in [0.1, 0.15) is 5.56 Å². The van der Waals surface area contributed by atoms with E-state index in [4.69, 9.17) is 21.1 Å². The molecule has 0 fully saturated rings. The van der Waals surface area contributed by atoms with E-state index in [1.54, 1.807) is 25.3 Å². The second-order valence-corrected chi connectivity index (χ2v) is 6.39. The maximum atomic E-state index is 11.4. The average Bonchev–Trinajstić information content (AvgIpc) is 2.90. The maximum Gasteiger partial charge on any atom is 0.198 e. The van der Waals surface area contributed by atoms with Crippen LogP contribution in [0.2, 0.25) is 4.34 Å². The van der Waals surface area contributed by atoms with Crippen molar-refractivity contribution in [2.24, 2.45) is 0 Å². The van der Waals surface area contributed by atoms with Crippen molar-refractivity contribution < 1.29 is 18.2 Å². The van der Waals surface area contributed by atoms with Crippen LogP contribution in [0.15, 0.2) is 24.4 Å². The van der Waals surface area contributed by atoms with E-state index in [9.17, 15) is 8.76 Å². The number of ether oxygens (including phenoxy) is 2. The molecule has 6 nitrogen and oxygen atoms in total. The fraction of sp³-hybridized carbons (Fsp3) is 0.250. The molecule has 0 bridgehead atoms. The molecule has 0 radical (unpaired) electrons. The summed E-state index contributed by atoms with van der Waals surface area (Å²) in [6, 6.07) is 5.17. The van der Waals surface area contributed by atoms with E-state index in [-0.39, 0.29) is 6.54 Å². The van der Waals surface area contributed by atoms with E-state index < -0.39 is 11.3 Å². The van der Waals surface area contributed by atoms with Gasteiger partial charge in [-0.3, -0.25) is 8.51 Å². The third-order valence-corrected chi connectivity index (χ3v) is 4.58. The van der Waals surface area contributed by atoms with Crippen LogP contribution in [-0.2, 0) is 17.8 Å². The van der Waals surface area contributed by atoms with Gasteiger partial charge >= 0.3 is 0 Å². The molecule has 2 aromatic rings. The highest BCUT2D eigenvalue weighted by Gasteiger charge is 2.15. The van der Waals surface area contributed by atoms with Gasteiger partial charge in [0.2, 0.25) is 0 Å². The highest BCUT2D eigenvalue weighted by atomic mass is 35.5. The number of methoxy groups -OCH3 is 2. The zero-order valence-electron chi connectivity index (χ0n) is 11.2. The molecule has 1 heterocycles. The molecule has 0 saturated carbocycles. The summed E-state index contributed by atoms with van der Waals surface area (Å²) in [4.78, 5) is 3.98. The van der Waals surface area contributed by atoms with Crippen molar-refractivity contribution >= 4 is 39.3 Å². The van der Waals surface area contributed by atoms with E-state index in [0.717, 1.165) is 15.6 Å². The summed E-state index contributed by atoms with van der Waals surface area (Å²) in [5, 5.41) is 0.297. The van der Waals surface area contributed by atoms with Crippen molar-refractivity contribution in [1.29, 1.82) is 0 Å². The third kappa shape index (κ3) is 3.85. The van der Waals surface area contributed by atoms with Crippen molar-refractivity contribution in [2.45, 2.75) is 6.54 Å². The number of halogens is 1. The Morgan fingerprint density at radius 1 is 1.43 bits per heavy atom. The number of hydrogen-bond donors (Lipinski definition) is 0. The molecule has 0 amide bonds. The molecule has 0 aliphatic carbocycles. The lowest BCUT2D eigenvalue weighted by molar-refractivity contribution is 0.391. The topological polar surface area (TPSA) is 74.7 Å². The molecule has 1 unspecified atom stereocenters. The van der Waals surface area contributed by atoms with Crippen molar-refractivity contribution in [1.82, 2.24) is 4.98 Å². The molecule has 0 saturated heterocycles. The number of anilines is 1. The minimum absolute atomic E-state index is 0.0904. The zero-order valence-corrected chi connectivity index (χ0v) is 13.6. The average molecular weight is 348 g/mol. The van der Waals surface area contributed by atoms with E-state index in [2.05, 4.69) is 4.98 Å². The van der Waals surface area contributed by atoms with Crippen LogP contribution < -0.4 is 13.8 Å². The number of nitrogens with zero attached hydrogens (tertiary/aromatic N) is 2. The van der Waals surface area contributed by atoms with Crippen LogP contribution in [0.3, 0.4) is 0 Å². The molecule has 21 heavy (non-hydrogen) atoms. The lowest BCUT2D eigenvalue weighted by Gasteiger charge is -2.24. The Morgan fingerprint density at radius 3 is 2.71 bits per heavy atom. The van der Waals surface area contributed by atoms with Crippen LogP contribution >= 0.6 is 22.9 Å². The minimum Gasteiger partial charge on any atom is -0.755 e. The fourth-order valence-corrected chi connectivity index (χ4v) is 3.20. The van der Waals surface area contributed by atoms with Gasteiger partial charge in [-0.2, -0.15) is 0 Å². The summed E-state index contributed by atoms with van der Waals surface area (Å²) in [5.74, 6) is 1.16. The molecule has 0 aliphatic rings. The zero-order chi connectivity index (χ0) is 15.4. The largest absolute Gasteiger partial charge is 0.755 e. The Hall–Kier alpha value is -1.35. The predicted molar refractivity (Wildman–Crippen MR) is 81.8 cm³/mol. The van der Waals surface area contributed by atoms with Crippen molar-refractivity contribution in [3.05, 3.63) is 34.3 Å². The van der Waals surface area contributed by atoms with Gasteiger partial charge in [0.1, 0.15) is 15.8 Å². The molecule has 0 N–H and O–H groups in total. The highest BCUT2D eigenvalue weighted by Crippen LogP contribution is 2.31. The molecule has 1 atom stereocenters. The van der Waals surface area contributed by atoms with Gasteiger partial charge in [0, 0.05) is 22.9 Å². The summed E-state index contributed by atoms with van der Waals surface area (Å²) >= 11 is 4.41. The van der Waals surface area contributed by atoms with Crippen LogP contribution in [0.5, 0.6) is 11.5 Å². The lowest BCUT2D eigenvalue weighted by Crippen LogP contribution is -2.24. The molecular weight excluding hydrogens is 336 g/mol. The second kappa shape index (κ2) is 7.08. The molecular formula is C12H12ClN2O4S2-. The number of benzene rings is 1. The van der Waals surface area contributed by atoms with Crippen molar-refractivity contribution in [3.63, 3.8) is 0 Å². The van der Waals surface area contributed by atoms with Crippen LogP contribution in [0, 0.1) is 0 Å². The Kier molecular flexibility index (Phi) is 5.40. The lowest BCUT2D eigenvalue weighted by atomic mass is 10.2. The van der Waals surface area contributed by atoms with Crippen LogP contribution in [0.25, 0.3) is 0 Å². The van der Waals surface area contributed by atoms with E-state index >= 15 is 0 Å². The first-order valence-corrected chi connectivity index (χ1v) is 7.97. The summed E-state index contributed by atoms with van der Waals surface area (Å²) < 4.78 is 34.7. The SMILES string of the molecule is COc1ccc(CN(c2ncc(Cl)s2)S(=O)[O-])c(OC)c1. The smallest absolute Gasteiger partial charge is 0.198 e. The molecule has 9 heteroatoms. The second-order valence-electron chi connectivity index (χ2n) is 3.88. The van der Waals surface area contributed by atoms with Gasteiger partial charge < -0.3 is 14.0 Å². The van der Waals surface area contributed by atoms with Gasteiger partial charge in [-0.25, -0.2) is 4.98 Å². The van der Waals surface area contributed by atoms with Gasteiger partial charge in [0.15, 0.2) is 5.13 Å². The normalized spacial score (nSPS) is 12.0. The van der Waals surface area contributed by atoms with Gasteiger partial charge in [0.05, 0.1) is 27.0 Å². The molecule has 1 aromatic carbocycles. The van der Waals surface area contributed by atoms with E-state index in [1.807, 2.05) is 0 Å². The van der Waals surface area contributed by atoms with E-state index in [0.29, 0.717) is 26.5 Å². The number of thiazole rings is 1. The van der Waals surface area contributed by atoms with Crippen LogP contribution in [0.4, 0.5) is 5.13 Å². The quantitative estimate of drug-likeness (QED) is 0.751. The predicted octanol–water partition coefficient (Wildman–Crippen LogP) is 2.61. The molecule has 1 aromatic heterocycles. The number of hydrogen-bond acceptors (Lipinski definition) is 6. The standard InChI is InChI=1S/C12H13ClN2O4S2/c1-18-9-4-3-8(10(5-9)19-2)7-15(21(16)17)12-14-6-11(13)20-12/h3-6H,7H2,1-2H3,(H,16,17)/p-1. The monoisotopic (exact) mass is 347 g/mol. The first-order valence-electron chi connectivity index (χ1n) is 5.74. The summed E-state index contributed by atoms with van der Waals surface area (Å²) in [6.45, 7) is 0.0904. The molecule has 0 aliphatic heterocycles. The first-order chi connectivity index (χ1) is 10.0. The van der Waals surface area contributed by atoms with Crippen molar-refractivity contribution in [2.75, 3.05) is 18.5 Å². The molecule has 114 valence electrons. The Labute approximate surface area is 133 Å². The Morgan fingerprint density at radius 2 is 2.19 bits per heavy atom.